The third-order valence-electron chi connectivity index (χ3n) is 2.41. The lowest BCUT2D eigenvalue weighted by molar-refractivity contribution is 0.407. The normalized spacial score (nSPS) is 11.6. The van der Waals surface area contributed by atoms with Crippen LogP contribution in [0.5, 0.6) is 5.75 Å². The molecule has 0 unspecified atom stereocenters. The van der Waals surface area contributed by atoms with E-state index in [0.717, 1.165) is 22.4 Å². The summed E-state index contributed by atoms with van der Waals surface area (Å²) in [4.78, 5) is 0. The van der Waals surface area contributed by atoms with Gasteiger partial charge in [-0.1, -0.05) is 12.1 Å². The molecule has 0 saturated carbocycles. The first kappa shape index (κ1) is 11.1. The molecule has 0 saturated heterocycles. The van der Waals surface area contributed by atoms with Crippen molar-refractivity contribution in [2.75, 3.05) is 7.11 Å². The van der Waals surface area contributed by atoms with Crippen molar-refractivity contribution in [1.82, 2.24) is 0 Å². The molecule has 0 aliphatic heterocycles. The Morgan fingerprint density at radius 2 is 1.57 bits per heavy atom. The molecular formula is C12H19NO. The van der Waals surface area contributed by atoms with Crippen LogP contribution in [0.2, 0.25) is 0 Å². The Morgan fingerprint density at radius 1 is 1.14 bits per heavy atom. The Bertz CT molecular complexity index is 314. The molecule has 1 aromatic carbocycles. The van der Waals surface area contributed by atoms with E-state index in [1.807, 2.05) is 27.7 Å². The van der Waals surface area contributed by atoms with Gasteiger partial charge in [-0.05, 0) is 44.4 Å². The zero-order valence-electron chi connectivity index (χ0n) is 9.64. The summed E-state index contributed by atoms with van der Waals surface area (Å²) in [6.45, 7) is 8.10. The van der Waals surface area contributed by atoms with Gasteiger partial charge in [0.2, 0.25) is 0 Å². The molecule has 78 valence electrons. The number of hydrogen-bond acceptors (Lipinski definition) is 2. The molecule has 2 nitrogen and oxygen atoms in total. The second-order valence-corrected chi connectivity index (χ2v) is 4.36. The number of methoxy groups -OCH3 is 1. The van der Waals surface area contributed by atoms with E-state index in [9.17, 15) is 0 Å². The van der Waals surface area contributed by atoms with E-state index < -0.39 is 0 Å². The van der Waals surface area contributed by atoms with Crippen molar-refractivity contribution in [3.8, 4) is 5.75 Å². The number of hydrogen-bond donors (Lipinski definition) is 1. The zero-order chi connectivity index (χ0) is 10.9. The fourth-order valence-corrected chi connectivity index (χ4v) is 1.64. The van der Waals surface area contributed by atoms with E-state index in [1.165, 1.54) is 0 Å². The maximum absolute atomic E-state index is 6.05. The molecule has 0 aliphatic carbocycles. The smallest absolute Gasteiger partial charge is 0.124 e. The van der Waals surface area contributed by atoms with Gasteiger partial charge in [-0.2, -0.15) is 0 Å². The Hall–Kier alpha value is -1.02. The Balaban J connectivity index is 3.28. The van der Waals surface area contributed by atoms with E-state index in [-0.39, 0.29) is 5.54 Å². The minimum atomic E-state index is -0.290. The summed E-state index contributed by atoms with van der Waals surface area (Å²) in [5.74, 6) is 0.956. The van der Waals surface area contributed by atoms with Crippen molar-refractivity contribution < 1.29 is 4.74 Å². The van der Waals surface area contributed by atoms with Crippen LogP contribution in [-0.4, -0.2) is 7.11 Å². The zero-order valence-corrected chi connectivity index (χ0v) is 9.64. The highest BCUT2D eigenvalue weighted by Crippen LogP contribution is 2.28. The molecule has 14 heavy (non-hydrogen) atoms. The molecule has 1 rings (SSSR count). The Morgan fingerprint density at radius 3 is 1.86 bits per heavy atom. The molecule has 2 N–H and O–H groups in total. The van der Waals surface area contributed by atoms with Crippen LogP contribution in [0.25, 0.3) is 0 Å². The summed E-state index contributed by atoms with van der Waals surface area (Å²) in [5.41, 5.74) is 9.18. The predicted molar refractivity (Wildman–Crippen MR) is 59.7 cm³/mol. The van der Waals surface area contributed by atoms with Gasteiger partial charge in [0.15, 0.2) is 0 Å². The van der Waals surface area contributed by atoms with Crippen molar-refractivity contribution in [3.63, 3.8) is 0 Å². The summed E-state index contributed by atoms with van der Waals surface area (Å²) in [6, 6.07) is 4.18. The van der Waals surface area contributed by atoms with Crippen LogP contribution in [0.15, 0.2) is 12.1 Å². The monoisotopic (exact) mass is 193 g/mol. The number of aryl methyl sites for hydroxylation is 2. The van der Waals surface area contributed by atoms with E-state index in [4.69, 9.17) is 10.5 Å². The summed E-state index contributed by atoms with van der Waals surface area (Å²) in [6.07, 6.45) is 0. The lowest BCUT2D eigenvalue weighted by Gasteiger charge is -2.21. The minimum absolute atomic E-state index is 0.290. The average Bonchev–Trinajstić information content (AvgIpc) is 2.01. The first-order valence-electron chi connectivity index (χ1n) is 4.81. The Kier molecular flexibility index (Phi) is 2.86. The summed E-state index contributed by atoms with van der Waals surface area (Å²) >= 11 is 0. The molecule has 0 fully saturated rings. The first-order valence-corrected chi connectivity index (χ1v) is 4.81. The van der Waals surface area contributed by atoms with E-state index in [2.05, 4.69) is 12.1 Å². The van der Waals surface area contributed by atoms with Crippen LogP contribution in [0.1, 0.15) is 30.5 Å². The molecule has 0 aliphatic rings. The van der Waals surface area contributed by atoms with Crippen LogP contribution in [0, 0.1) is 13.8 Å². The van der Waals surface area contributed by atoms with Crippen molar-refractivity contribution in [2.45, 2.75) is 33.2 Å². The van der Waals surface area contributed by atoms with Gasteiger partial charge in [-0.3, -0.25) is 0 Å². The van der Waals surface area contributed by atoms with Crippen LogP contribution in [-0.2, 0) is 5.54 Å². The minimum Gasteiger partial charge on any atom is -0.496 e. The SMILES string of the molecule is COc1c(C)cc(C(C)(C)N)cc1C. The van der Waals surface area contributed by atoms with Crippen LogP contribution in [0.4, 0.5) is 0 Å². The van der Waals surface area contributed by atoms with E-state index in [1.54, 1.807) is 7.11 Å². The Labute approximate surface area is 86.1 Å². The molecular weight excluding hydrogens is 174 g/mol. The maximum Gasteiger partial charge on any atom is 0.124 e. The number of ether oxygens (including phenoxy) is 1. The second kappa shape index (κ2) is 3.62. The summed E-state index contributed by atoms with van der Waals surface area (Å²) < 4.78 is 5.30. The third kappa shape index (κ3) is 2.07. The number of benzene rings is 1. The fraction of sp³-hybridized carbons (Fsp3) is 0.500. The number of nitrogens with two attached hydrogens (primary N) is 1. The molecule has 0 heterocycles. The highest BCUT2D eigenvalue weighted by Gasteiger charge is 2.16. The van der Waals surface area contributed by atoms with Gasteiger partial charge in [0.1, 0.15) is 5.75 Å². The summed E-state index contributed by atoms with van der Waals surface area (Å²) in [5, 5.41) is 0. The van der Waals surface area contributed by atoms with Gasteiger partial charge in [-0.15, -0.1) is 0 Å². The average molecular weight is 193 g/mol. The molecule has 0 atom stereocenters. The van der Waals surface area contributed by atoms with Crippen molar-refractivity contribution in [1.29, 1.82) is 0 Å². The van der Waals surface area contributed by atoms with Crippen molar-refractivity contribution in [2.24, 2.45) is 5.73 Å². The van der Waals surface area contributed by atoms with Gasteiger partial charge >= 0.3 is 0 Å². The topological polar surface area (TPSA) is 35.2 Å². The maximum atomic E-state index is 6.05. The molecule has 0 radical (unpaired) electrons. The van der Waals surface area contributed by atoms with Gasteiger partial charge < -0.3 is 10.5 Å². The van der Waals surface area contributed by atoms with Crippen LogP contribution < -0.4 is 10.5 Å². The van der Waals surface area contributed by atoms with Gasteiger partial charge in [0, 0.05) is 5.54 Å². The fourth-order valence-electron chi connectivity index (χ4n) is 1.64. The first-order chi connectivity index (χ1) is 6.36. The van der Waals surface area contributed by atoms with E-state index >= 15 is 0 Å². The predicted octanol–water partition coefficient (Wildman–Crippen LogP) is 2.51. The van der Waals surface area contributed by atoms with Crippen molar-refractivity contribution in [3.05, 3.63) is 28.8 Å². The van der Waals surface area contributed by atoms with Gasteiger partial charge in [0.25, 0.3) is 0 Å². The standard InChI is InChI=1S/C12H19NO/c1-8-6-10(12(3,4)13)7-9(2)11(8)14-5/h6-7H,13H2,1-5H3. The molecule has 0 aromatic heterocycles. The second-order valence-electron chi connectivity index (χ2n) is 4.36. The van der Waals surface area contributed by atoms with Crippen LogP contribution >= 0.6 is 0 Å². The highest BCUT2D eigenvalue weighted by atomic mass is 16.5. The van der Waals surface area contributed by atoms with Gasteiger partial charge in [0.05, 0.1) is 7.11 Å². The largest absolute Gasteiger partial charge is 0.496 e. The molecule has 0 spiro atoms. The lowest BCUT2D eigenvalue weighted by Crippen LogP contribution is -2.28. The quantitative estimate of drug-likeness (QED) is 0.783. The van der Waals surface area contributed by atoms with Crippen LogP contribution in [0.3, 0.4) is 0 Å². The lowest BCUT2D eigenvalue weighted by atomic mass is 9.92. The van der Waals surface area contributed by atoms with E-state index in [0.29, 0.717) is 0 Å². The molecule has 0 bridgehead atoms. The highest BCUT2D eigenvalue weighted by molar-refractivity contribution is 5.44. The third-order valence-corrected chi connectivity index (χ3v) is 2.41. The van der Waals surface area contributed by atoms with Crippen molar-refractivity contribution >= 4 is 0 Å². The molecule has 1 aromatic rings. The number of rotatable bonds is 2. The molecule has 0 amide bonds. The molecule has 2 heteroatoms. The van der Waals surface area contributed by atoms with Gasteiger partial charge in [-0.25, -0.2) is 0 Å². The summed E-state index contributed by atoms with van der Waals surface area (Å²) in [7, 11) is 1.70.